The van der Waals surface area contributed by atoms with Gasteiger partial charge in [0.1, 0.15) is 5.84 Å². The molecule has 1 aliphatic heterocycles. The average molecular weight is 217 g/mol. The molecular formula is C13H19N3. The van der Waals surface area contributed by atoms with Crippen LogP contribution in [0.5, 0.6) is 0 Å². The molecular weight excluding hydrogens is 198 g/mol. The summed E-state index contributed by atoms with van der Waals surface area (Å²) < 4.78 is 0. The number of rotatable bonds is 2. The minimum atomic E-state index is -0.0103. The summed E-state index contributed by atoms with van der Waals surface area (Å²) in [4.78, 5) is 2.24. The third kappa shape index (κ3) is 1.90. The summed E-state index contributed by atoms with van der Waals surface area (Å²) in [5.74, 6) is 0.862. The molecule has 3 N–H and O–H groups in total. The molecule has 0 spiro atoms. The summed E-state index contributed by atoms with van der Waals surface area (Å²) in [7, 11) is 0. The normalized spacial score (nSPS) is 21.4. The van der Waals surface area contributed by atoms with E-state index < -0.39 is 0 Å². The molecule has 0 fully saturated rings. The maximum Gasteiger partial charge on any atom is 0.113 e. The van der Waals surface area contributed by atoms with Gasteiger partial charge in [0.15, 0.2) is 0 Å². The van der Waals surface area contributed by atoms with Crippen LogP contribution in [0.3, 0.4) is 0 Å². The lowest BCUT2D eigenvalue weighted by Gasteiger charge is -2.38. The number of fused-ring (bicyclic) bond motifs is 1. The smallest absolute Gasteiger partial charge is 0.113 e. The number of benzene rings is 1. The van der Waals surface area contributed by atoms with Gasteiger partial charge in [0.05, 0.1) is 6.04 Å². The average Bonchev–Trinajstić information content (AvgIpc) is 2.26. The molecule has 2 atom stereocenters. The van der Waals surface area contributed by atoms with Gasteiger partial charge in [-0.2, -0.15) is 0 Å². The maximum absolute atomic E-state index is 7.58. The Balaban J connectivity index is 2.37. The second-order valence-corrected chi connectivity index (χ2v) is 4.72. The summed E-state index contributed by atoms with van der Waals surface area (Å²) in [6.07, 6.45) is 1.12. The third-order valence-corrected chi connectivity index (χ3v) is 3.30. The van der Waals surface area contributed by atoms with Crippen LogP contribution >= 0.6 is 0 Å². The minimum Gasteiger partial charge on any atom is -0.386 e. The standard InChI is InChI=1S/C13H19N3/c1-9-7-11-5-3-4-6-12(11)16(8-9)10(2)13(14)15/h3-6,9-10H,7-8H2,1-2H3,(H3,14,15). The van der Waals surface area contributed by atoms with Crippen molar-refractivity contribution in [3.8, 4) is 0 Å². The van der Waals surface area contributed by atoms with Crippen LogP contribution < -0.4 is 10.6 Å². The highest BCUT2D eigenvalue weighted by atomic mass is 15.2. The molecule has 0 bridgehead atoms. The molecule has 1 heterocycles. The van der Waals surface area contributed by atoms with Gasteiger partial charge in [-0.05, 0) is 30.9 Å². The van der Waals surface area contributed by atoms with E-state index in [1.165, 1.54) is 11.3 Å². The molecule has 1 aliphatic rings. The number of nitrogens with zero attached hydrogens (tertiary/aromatic N) is 1. The monoisotopic (exact) mass is 217 g/mol. The quantitative estimate of drug-likeness (QED) is 0.588. The van der Waals surface area contributed by atoms with Crippen molar-refractivity contribution in [3.05, 3.63) is 29.8 Å². The van der Waals surface area contributed by atoms with Gasteiger partial charge >= 0.3 is 0 Å². The van der Waals surface area contributed by atoms with E-state index >= 15 is 0 Å². The van der Waals surface area contributed by atoms with E-state index in [1.807, 2.05) is 6.92 Å². The van der Waals surface area contributed by atoms with E-state index in [1.54, 1.807) is 0 Å². The number of nitrogens with one attached hydrogen (secondary N) is 1. The first-order valence-electron chi connectivity index (χ1n) is 5.78. The summed E-state index contributed by atoms with van der Waals surface area (Å²) >= 11 is 0. The first-order valence-corrected chi connectivity index (χ1v) is 5.78. The molecule has 86 valence electrons. The topological polar surface area (TPSA) is 53.1 Å². The Kier molecular flexibility index (Phi) is 2.86. The van der Waals surface area contributed by atoms with Gasteiger partial charge in [0, 0.05) is 12.2 Å². The van der Waals surface area contributed by atoms with Gasteiger partial charge in [-0.15, -0.1) is 0 Å². The Morgan fingerprint density at radius 3 is 2.88 bits per heavy atom. The van der Waals surface area contributed by atoms with E-state index in [0.717, 1.165) is 13.0 Å². The van der Waals surface area contributed by atoms with Crippen LogP contribution in [-0.2, 0) is 6.42 Å². The molecule has 2 unspecified atom stereocenters. The highest BCUT2D eigenvalue weighted by Gasteiger charge is 2.25. The van der Waals surface area contributed by atoms with Crippen molar-refractivity contribution in [1.29, 1.82) is 5.41 Å². The van der Waals surface area contributed by atoms with Gasteiger partial charge in [0.2, 0.25) is 0 Å². The lowest BCUT2D eigenvalue weighted by molar-refractivity contribution is 0.522. The molecule has 1 aromatic rings. The number of hydrogen-bond acceptors (Lipinski definition) is 2. The SMILES string of the molecule is CC1Cc2ccccc2N(C(C)C(=N)N)C1. The zero-order valence-electron chi connectivity index (χ0n) is 9.90. The van der Waals surface area contributed by atoms with Crippen molar-refractivity contribution >= 4 is 11.5 Å². The molecule has 0 saturated heterocycles. The van der Waals surface area contributed by atoms with Crippen molar-refractivity contribution in [3.63, 3.8) is 0 Å². The van der Waals surface area contributed by atoms with E-state index in [0.29, 0.717) is 5.92 Å². The lowest BCUT2D eigenvalue weighted by atomic mass is 9.93. The summed E-state index contributed by atoms with van der Waals surface area (Å²) in [6, 6.07) is 8.41. The third-order valence-electron chi connectivity index (χ3n) is 3.30. The lowest BCUT2D eigenvalue weighted by Crippen LogP contribution is -2.47. The van der Waals surface area contributed by atoms with E-state index in [9.17, 15) is 0 Å². The molecule has 0 amide bonds. The van der Waals surface area contributed by atoms with Crippen molar-refractivity contribution < 1.29 is 0 Å². The molecule has 1 aromatic carbocycles. The Bertz CT molecular complexity index is 400. The fourth-order valence-electron chi connectivity index (χ4n) is 2.37. The minimum absolute atomic E-state index is 0.0103. The summed E-state index contributed by atoms with van der Waals surface area (Å²) in [6.45, 7) is 5.23. The van der Waals surface area contributed by atoms with Crippen LogP contribution in [0, 0.1) is 11.3 Å². The van der Waals surface area contributed by atoms with Crippen LogP contribution in [0.1, 0.15) is 19.4 Å². The Morgan fingerprint density at radius 2 is 2.19 bits per heavy atom. The van der Waals surface area contributed by atoms with E-state index in [2.05, 4.69) is 36.1 Å². The fraction of sp³-hybridized carbons (Fsp3) is 0.462. The predicted octanol–water partition coefficient (Wildman–Crippen LogP) is 2.01. The first-order chi connectivity index (χ1) is 7.59. The second-order valence-electron chi connectivity index (χ2n) is 4.72. The maximum atomic E-state index is 7.58. The van der Waals surface area contributed by atoms with Crippen LogP contribution in [0.2, 0.25) is 0 Å². The Morgan fingerprint density at radius 1 is 1.50 bits per heavy atom. The van der Waals surface area contributed by atoms with Gasteiger partial charge in [-0.25, -0.2) is 0 Å². The number of para-hydroxylation sites is 1. The Labute approximate surface area is 96.8 Å². The van der Waals surface area contributed by atoms with E-state index in [4.69, 9.17) is 11.1 Å². The van der Waals surface area contributed by atoms with Crippen molar-refractivity contribution in [2.24, 2.45) is 11.7 Å². The molecule has 2 rings (SSSR count). The predicted molar refractivity (Wildman–Crippen MR) is 68.0 cm³/mol. The molecule has 0 aliphatic carbocycles. The van der Waals surface area contributed by atoms with E-state index in [-0.39, 0.29) is 11.9 Å². The van der Waals surface area contributed by atoms with Crippen molar-refractivity contribution in [1.82, 2.24) is 0 Å². The molecule has 0 radical (unpaired) electrons. The number of nitrogens with two attached hydrogens (primary N) is 1. The zero-order chi connectivity index (χ0) is 11.7. The van der Waals surface area contributed by atoms with Gasteiger partial charge < -0.3 is 10.6 Å². The summed E-state index contributed by atoms with van der Waals surface area (Å²) in [5.41, 5.74) is 8.22. The van der Waals surface area contributed by atoms with Crippen LogP contribution in [0.25, 0.3) is 0 Å². The van der Waals surface area contributed by atoms with Crippen LogP contribution in [0.15, 0.2) is 24.3 Å². The molecule has 0 saturated carbocycles. The fourth-order valence-corrected chi connectivity index (χ4v) is 2.37. The zero-order valence-corrected chi connectivity index (χ0v) is 9.90. The molecule has 3 nitrogen and oxygen atoms in total. The number of anilines is 1. The molecule has 0 aromatic heterocycles. The van der Waals surface area contributed by atoms with Gasteiger partial charge in [-0.3, -0.25) is 5.41 Å². The highest BCUT2D eigenvalue weighted by molar-refractivity contribution is 5.86. The second kappa shape index (κ2) is 4.16. The molecule has 16 heavy (non-hydrogen) atoms. The van der Waals surface area contributed by atoms with Gasteiger partial charge in [-0.1, -0.05) is 25.1 Å². The van der Waals surface area contributed by atoms with Crippen LogP contribution in [-0.4, -0.2) is 18.4 Å². The number of hydrogen-bond donors (Lipinski definition) is 2. The highest BCUT2D eigenvalue weighted by Crippen LogP contribution is 2.30. The largest absolute Gasteiger partial charge is 0.386 e. The van der Waals surface area contributed by atoms with Crippen molar-refractivity contribution in [2.75, 3.05) is 11.4 Å². The first kappa shape index (κ1) is 11.0. The van der Waals surface area contributed by atoms with Crippen molar-refractivity contribution in [2.45, 2.75) is 26.3 Å². The van der Waals surface area contributed by atoms with Gasteiger partial charge in [0.25, 0.3) is 0 Å². The number of amidine groups is 1. The summed E-state index contributed by atoms with van der Waals surface area (Å²) in [5, 5.41) is 7.58. The molecule has 3 heteroatoms. The Hall–Kier alpha value is -1.51. The van der Waals surface area contributed by atoms with Crippen LogP contribution in [0.4, 0.5) is 5.69 Å².